The smallest absolute Gasteiger partial charge is 0.229 e. The molecule has 1 rings (SSSR count). The first kappa shape index (κ1) is 11.5. The first-order valence-corrected chi connectivity index (χ1v) is 6.07. The van der Waals surface area contributed by atoms with Crippen LogP contribution in [0.25, 0.3) is 0 Å². The van der Waals surface area contributed by atoms with Crippen molar-refractivity contribution >= 4 is 27.2 Å². The average molecular weight is 228 g/mol. The Bertz CT molecular complexity index is 494. The number of rotatable bonds is 3. The Kier molecular flexibility index (Phi) is 2.99. The van der Waals surface area contributed by atoms with Crippen LogP contribution in [0.15, 0.2) is 18.2 Å². The van der Waals surface area contributed by atoms with Gasteiger partial charge in [-0.05, 0) is 25.1 Å². The summed E-state index contributed by atoms with van der Waals surface area (Å²) in [5, 5.41) is 0. The molecule has 0 spiro atoms. The number of hydrogen-bond acceptors (Lipinski definition) is 4. The fourth-order valence-electron chi connectivity index (χ4n) is 1.06. The van der Waals surface area contributed by atoms with E-state index in [0.29, 0.717) is 5.56 Å². The van der Waals surface area contributed by atoms with Gasteiger partial charge in [-0.15, -0.1) is 0 Å². The maximum atomic E-state index is 11.1. The number of carbonyl (C=O) groups excluding carboxylic acids is 1. The highest BCUT2D eigenvalue weighted by molar-refractivity contribution is 7.92. The van der Waals surface area contributed by atoms with E-state index in [-0.39, 0.29) is 17.2 Å². The molecule has 0 aliphatic heterocycles. The molecule has 0 amide bonds. The Morgan fingerprint density at radius 2 is 2.00 bits per heavy atom. The second kappa shape index (κ2) is 3.90. The van der Waals surface area contributed by atoms with Gasteiger partial charge in [-0.3, -0.25) is 9.52 Å². The van der Waals surface area contributed by atoms with Gasteiger partial charge in [0.2, 0.25) is 10.0 Å². The summed E-state index contributed by atoms with van der Waals surface area (Å²) in [6.07, 6.45) is 1.02. The molecular formula is C9H12N2O3S. The molecule has 1 aromatic rings. The average Bonchev–Trinajstić information content (AvgIpc) is 2.06. The molecule has 0 atom stereocenters. The number of carbonyl (C=O) groups is 1. The highest BCUT2D eigenvalue weighted by Gasteiger charge is 2.08. The van der Waals surface area contributed by atoms with E-state index in [0.717, 1.165) is 6.26 Å². The molecule has 6 heteroatoms. The van der Waals surface area contributed by atoms with Crippen molar-refractivity contribution in [3.63, 3.8) is 0 Å². The molecule has 1 aromatic carbocycles. The molecule has 0 radical (unpaired) electrons. The van der Waals surface area contributed by atoms with Gasteiger partial charge < -0.3 is 5.73 Å². The molecule has 0 fully saturated rings. The van der Waals surface area contributed by atoms with Gasteiger partial charge in [-0.25, -0.2) is 8.42 Å². The molecule has 0 aliphatic rings. The Morgan fingerprint density at radius 3 is 2.47 bits per heavy atom. The zero-order valence-electron chi connectivity index (χ0n) is 8.44. The maximum absolute atomic E-state index is 11.1. The van der Waals surface area contributed by atoms with Gasteiger partial charge in [-0.1, -0.05) is 0 Å². The van der Waals surface area contributed by atoms with Crippen molar-refractivity contribution in [3.8, 4) is 0 Å². The first-order valence-electron chi connectivity index (χ1n) is 4.18. The molecule has 15 heavy (non-hydrogen) atoms. The second-order valence-electron chi connectivity index (χ2n) is 3.23. The molecule has 3 N–H and O–H groups in total. The summed E-state index contributed by atoms with van der Waals surface area (Å²) in [5.41, 5.74) is 6.48. The lowest BCUT2D eigenvalue weighted by atomic mass is 10.1. The third kappa shape index (κ3) is 3.25. The quantitative estimate of drug-likeness (QED) is 0.592. The van der Waals surface area contributed by atoms with E-state index in [2.05, 4.69) is 4.72 Å². The van der Waals surface area contributed by atoms with E-state index in [4.69, 9.17) is 5.73 Å². The van der Waals surface area contributed by atoms with E-state index < -0.39 is 10.0 Å². The van der Waals surface area contributed by atoms with E-state index in [1.165, 1.54) is 19.1 Å². The minimum atomic E-state index is -3.38. The van der Waals surface area contributed by atoms with Crippen molar-refractivity contribution in [2.45, 2.75) is 6.92 Å². The van der Waals surface area contributed by atoms with Crippen LogP contribution in [-0.4, -0.2) is 20.5 Å². The van der Waals surface area contributed by atoms with Gasteiger partial charge in [0.1, 0.15) is 0 Å². The van der Waals surface area contributed by atoms with Crippen LogP contribution in [0, 0.1) is 0 Å². The lowest BCUT2D eigenvalue weighted by molar-refractivity contribution is 0.101. The zero-order valence-corrected chi connectivity index (χ0v) is 9.26. The molecule has 0 aromatic heterocycles. The van der Waals surface area contributed by atoms with Gasteiger partial charge in [0.05, 0.1) is 17.6 Å². The molecule has 0 saturated heterocycles. The molecule has 0 bridgehead atoms. The monoisotopic (exact) mass is 228 g/mol. The summed E-state index contributed by atoms with van der Waals surface area (Å²) < 4.78 is 24.2. The van der Waals surface area contributed by atoms with Crippen molar-refractivity contribution in [1.29, 1.82) is 0 Å². The van der Waals surface area contributed by atoms with Crippen molar-refractivity contribution in [2.24, 2.45) is 0 Å². The summed E-state index contributed by atoms with van der Waals surface area (Å²) >= 11 is 0. The lowest BCUT2D eigenvalue weighted by Gasteiger charge is -2.08. The van der Waals surface area contributed by atoms with E-state index in [9.17, 15) is 13.2 Å². The SMILES string of the molecule is CC(=O)c1ccc(N)c(NS(C)(=O)=O)c1. The highest BCUT2D eigenvalue weighted by atomic mass is 32.2. The Hall–Kier alpha value is -1.56. The molecule has 0 heterocycles. The number of nitrogens with one attached hydrogen (secondary N) is 1. The van der Waals surface area contributed by atoms with Crippen LogP contribution >= 0.6 is 0 Å². The lowest BCUT2D eigenvalue weighted by Crippen LogP contribution is -2.11. The van der Waals surface area contributed by atoms with Gasteiger partial charge in [0.15, 0.2) is 5.78 Å². The predicted octanol–water partition coefficient (Wildman–Crippen LogP) is 0.843. The van der Waals surface area contributed by atoms with Crippen molar-refractivity contribution < 1.29 is 13.2 Å². The highest BCUT2D eigenvalue weighted by Crippen LogP contribution is 2.21. The first-order chi connectivity index (χ1) is 6.79. The van der Waals surface area contributed by atoms with Crippen molar-refractivity contribution in [3.05, 3.63) is 23.8 Å². The largest absolute Gasteiger partial charge is 0.397 e. The van der Waals surface area contributed by atoms with Gasteiger partial charge in [0, 0.05) is 5.56 Å². The van der Waals surface area contributed by atoms with Crippen LogP contribution in [0.1, 0.15) is 17.3 Å². The topological polar surface area (TPSA) is 89.3 Å². The van der Waals surface area contributed by atoms with Crippen LogP contribution in [0.5, 0.6) is 0 Å². The minimum Gasteiger partial charge on any atom is -0.397 e. The maximum Gasteiger partial charge on any atom is 0.229 e. The minimum absolute atomic E-state index is 0.147. The number of nitrogen functional groups attached to an aromatic ring is 1. The number of ketones is 1. The molecule has 0 aliphatic carbocycles. The van der Waals surface area contributed by atoms with Crippen LogP contribution in [0.2, 0.25) is 0 Å². The van der Waals surface area contributed by atoms with Crippen LogP contribution in [0.3, 0.4) is 0 Å². The van der Waals surface area contributed by atoms with Crippen molar-refractivity contribution in [2.75, 3.05) is 16.7 Å². The Labute approximate surface area is 88.3 Å². The Balaban J connectivity index is 3.17. The fourth-order valence-corrected chi connectivity index (χ4v) is 1.64. The summed E-state index contributed by atoms with van der Waals surface area (Å²) in [4.78, 5) is 11.1. The summed E-state index contributed by atoms with van der Waals surface area (Å²) in [6.45, 7) is 1.40. The van der Waals surface area contributed by atoms with E-state index >= 15 is 0 Å². The van der Waals surface area contributed by atoms with Crippen LogP contribution in [-0.2, 0) is 10.0 Å². The van der Waals surface area contributed by atoms with E-state index in [1.54, 1.807) is 6.07 Å². The molecule has 0 saturated carbocycles. The number of hydrogen-bond donors (Lipinski definition) is 2. The summed E-state index contributed by atoms with van der Waals surface area (Å²) in [5.74, 6) is -0.147. The van der Waals surface area contributed by atoms with Crippen LogP contribution < -0.4 is 10.5 Å². The normalized spacial score (nSPS) is 11.1. The molecule has 5 nitrogen and oxygen atoms in total. The van der Waals surface area contributed by atoms with Crippen molar-refractivity contribution in [1.82, 2.24) is 0 Å². The summed E-state index contributed by atoms with van der Waals surface area (Å²) in [6, 6.07) is 4.45. The second-order valence-corrected chi connectivity index (χ2v) is 4.98. The molecular weight excluding hydrogens is 216 g/mol. The number of nitrogens with two attached hydrogens (primary N) is 1. The van der Waals surface area contributed by atoms with E-state index in [1.807, 2.05) is 0 Å². The molecule has 82 valence electrons. The number of benzene rings is 1. The molecule has 0 unspecified atom stereocenters. The number of sulfonamides is 1. The predicted molar refractivity (Wildman–Crippen MR) is 59.3 cm³/mol. The zero-order chi connectivity index (χ0) is 11.6. The van der Waals surface area contributed by atoms with Crippen LogP contribution in [0.4, 0.5) is 11.4 Å². The van der Waals surface area contributed by atoms with Gasteiger partial charge >= 0.3 is 0 Å². The third-order valence-electron chi connectivity index (χ3n) is 1.76. The standard InChI is InChI=1S/C9H12N2O3S/c1-6(12)7-3-4-8(10)9(5-7)11-15(2,13)14/h3-5,11H,10H2,1-2H3. The Morgan fingerprint density at radius 1 is 1.40 bits per heavy atom. The van der Waals surface area contributed by atoms with Gasteiger partial charge in [-0.2, -0.15) is 0 Å². The number of anilines is 2. The van der Waals surface area contributed by atoms with Gasteiger partial charge in [0.25, 0.3) is 0 Å². The number of Topliss-reactive ketones (excluding diaryl/α,β-unsaturated/α-hetero) is 1. The fraction of sp³-hybridized carbons (Fsp3) is 0.222. The summed E-state index contributed by atoms with van der Waals surface area (Å²) in [7, 11) is -3.38. The third-order valence-corrected chi connectivity index (χ3v) is 2.35.